The first kappa shape index (κ1) is 19.3. The molecule has 2 aliphatic heterocycles. The first-order valence-electron chi connectivity index (χ1n) is 9.58. The topological polar surface area (TPSA) is 78.5 Å². The van der Waals surface area contributed by atoms with Gasteiger partial charge >= 0.3 is 0 Å². The van der Waals surface area contributed by atoms with Crippen LogP contribution < -0.4 is 10.6 Å². The van der Waals surface area contributed by atoms with E-state index in [-0.39, 0.29) is 10.8 Å². The van der Waals surface area contributed by atoms with Crippen molar-refractivity contribution in [1.82, 2.24) is 14.9 Å². The maximum Gasteiger partial charge on any atom is 0.251 e. The van der Waals surface area contributed by atoms with E-state index in [0.29, 0.717) is 31.1 Å². The van der Waals surface area contributed by atoms with Gasteiger partial charge in [-0.3, -0.25) is 4.79 Å². The lowest BCUT2D eigenvalue weighted by atomic mass is 10.0. The number of amides is 1. The zero-order valence-electron chi connectivity index (χ0n) is 15.5. The zero-order chi connectivity index (χ0) is 18.6. The average molecular weight is 380 g/mol. The molecular weight excluding hydrogens is 350 g/mol. The largest absolute Gasteiger partial charge is 0.352 e. The third-order valence-corrected chi connectivity index (χ3v) is 7.30. The molecule has 0 radical (unpaired) electrons. The van der Waals surface area contributed by atoms with Crippen molar-refractivity contribution < 1.29 is 13.2 Å². The summed E-state index contributed by atoms with van der Waals surface area (Å²) in [4.78, 5) is 12.8. The Balaban J connectivity index is 1.69. The number of carbonyl (C=O) groups excluding carboxylic acids is 1. The van der Waals surface area contributed by atoms with Crippen molar-refractivity contribution in [3.8, 4) is 0 Å². The number of sulfonamides is 1. The van der Waals surface area contributed by atoms with Gasteiger partial charge in [-0.1, -0.05) is 12.5 Å². The summed E-state index contributed by atoms with van der Waals surface area (Å²) in [6.45, 7) is 5.65. The van der Waals surface area contributed by atoms with Gasteiger partial charge in [-0.25, -0.2) is 8.42 Å². The molecule has 0 spiro atoms. The molecular formula is C19H29N3O3S. The van der Waals surface area contributed by atoms with E-state index in [0.717, 1.165) is 50.8 Å². The van der Waals surface area contributed by atoms with E-state index in [9.17, 15) is 13.2 Å². The van der Waals surface area contributed by atoms with Gasteiger partial charge in [-0.05, 0) is 69.3 Å². The molecule has 0 saturated carbocycles. The van der Waals surface area contributed by atoms with Crippen molar-refractivity contribution >= 4 is 15.9 Å². The molecule has 6 nitrogen and oxygen atoms in total. The normalized spacial score (nSPS) is 21.7. The van der Waals surface area contributed by atoms with E-state index < -0.39 is 10.0 Å². The summed E-state index contributed by atoms with van der Waals surface area (Å²) in [6.07, 6.45) is 4.97. The monoisotopic (exact) mass is 379 g/mol. The van der Waals surface area contributed by atoms with Gasteiger partial charge in [0.2, 0.25) is 10.0 Å². The highest BCUT2D eigenvalue weighted by Gasteiger charge is 2.27. The number of carbonyl (C=O) groups is 1. The second-order valence-electron chi connectivity index (χ2n) is 7.34. The molecule has 2 saturated heterocycles. The summed E-state index contributed by atoms with van der Waals surface area (Å²) in [5, 5.41) is 6.27. The molecule has 0 aromatic heterocycles. The molecule has 1 aromatic rings. The highest BCUT2D eigenvalue weighted by atomic mass is 32.2. The first-order valence-corrected chi connectivity index (χ1v) is 11.0. The Morgan fingerprint density at radius 2 is 2.04 bits per heavy atom. The molecule has 1 unspecified atom stereocenters. The zero-order valence-corrected chi connectivity index (χ0v) is 16.3. The average Bonchev–Trinajstić information content (AvgIpc) is 3.16. The summed E-state index contributed by atoms with van der Waals surface area (Å²) in [5.41, 5.74) is 1.25. The van der Waals surface area contributed by atoms with E-state index >= 15 is 0 Å². The van der Waals surface area contributed by atoms with Crippen LogP contribution in [0.25, 0.3) is 0 Å². The lowest BCUT2D eigenvalue weighted by molar-refractivity contribution is 0.0951. The van der Waals surface area contributed by atoms with Crippen LogP contribution >= 0.6 is 0 Å². The number of piperidine rings is 1. The van der Waals surface area contributed by atoms with E-state index in [1.54, 1.807) is 12.1 Å². The lowest BCUT2D eigenvalue weighted by Gasteiger charge is -2.26. The van der Waals surface area contributed by atoms with Crippen molar-refractivity contribution in [3.05, 3.63) is 29.3 Å². The minimum atomic E-state index is -3.52. The summed E-state index contributed by atoms with van der Waals surface area (Å²) < 4.78 is 27.2. The van der Waals surface area contributed by atoms with Crippen LogP contribution in [0.3, 0.4) is 0 Å². The quantitative estimate of drug-likeness (QED) is 0.791. The Labute approximate surface area is 156 Å². The van der Waals surface area contributed by atoms with Crippen molar-refractivity contribution in [2.75, 3.05) is 32.7 Å². The van der Waals surface area contributed by atoms with Crippen LogP contribution in [-0.4, -0.2) is 51.4 Å². The van der Waals surface area contributed by atoms with Crippen LogP contribution in [0.5, 0.6) is 0 Å². The summed E-state index contributed by atoms with van der Waals surface area (Å²) >= 11 is 0. The molecule has 144 valence electrons. The van der Waals surface area contributed by atoms with Gasteiger partial charge in [0.15, 0.2) is 0 Å². The van der Waals surface area contributed by atoms with Gasteiger partial charge in [-0.15, -0.1) is 0 Å². The molecule has 2 N–H and O–H groups in total. The van der Waals surface area contributed by atoms with Gasteiger partial charge in [0.25, 0.3) is 5.91 Å². The maximum atomic E-state index is 12.8. The second kappa shape index (κ2) is 8.50. The molecule has 0 bridgehead atoms. The smallest absolute Gasteiger partial charge is 0.251 e. The Hall–Kier alpha value is -1.44. The first-order chi connectivity index (χ1) is 12.5. The molecule has 1 atom stereocenters. The number of nitrogens with zero attached hydrogens (tertiary/aromatic N) is 1. The fourth-order valence-corrected chi connectivity index (χ4v) is 5.25. The second-order valence-corrected chi connectivity index (χ2v) is 9.28. The fourth-order valence-electron chi connectivity index (χ4n) is 3.71. The molecule has 0 aliphatic carbocycles. The number of hydrogen-bond donors (Lipinski definition) is 2. The molecule has 2 fully saturated rings. The van der Waals surface area contributed by atoms with E-state index in [2.05, 4.69) is 10.6 Å². The van der Waals surface area contributed by atoms with Crippen LogP contribution in [-0.2, 0) is 10.0 Å². The molecule has 1 amide bonds. The Bertz CT molecular complexity index is 736. The van der Waals surface area contributed by atoms with Crippen molar-refractivity contribution in [3.63, 3.8) is 0 Å². The van der Waals surface area contributed by atoms with Gasteiger partial charge in [0.05, 0.1) is 4.90 Å². The predicted molar refractivity (Wildman–Crippen MR) is 102 cm³/mol. The number of hydrogen-bond acceptors (Lipinski definition) is 4. The highest BCUT2D eigenvalue weighted by Crippen LogP contribution is 2.23. The fraction of sp³-hybridized carbons (Fsp3) is 0.632. The minimum Gasteiger partial charge on any atom is -0.352 e. The van der Waals surface area contributed by atoms with Crippen molar-refractivity contribution in [2.24, 2.45) is 5.92 Å². The van der Waals surface area contributed by atoms with Crippen molar-refractivity contribution in [2.45, 2.75) is 43.9 Å². The molecule has 7 heteroatoms. The summed E-state index contributed by atoms with van der Waals surface area (Å²) in [7, 11) is -3.52. The van der Waals surface area contributed by atoms with Gasteiger partial charge in [0.1, 0.15) is 0 Å². The lowest BCUT2D eigenvalue weighted by Crippen LogP contribution is -2.35. The number of benzene rings is 1. The van der Waals surface area contributed by atoms with Gasteiger partial charge in [-0.2, -0.15) is 4.31 Å². The Morgan fingerprint density at radius 3 is 2.73 bits per heavy atom. The molecule has 1 aromatic carbocycles. The van der Waals surface area contributed by atoms with Crippen LogP contribution in [0.15, 0.2) is 23.1 Å². The van der Waals surface area contributed by atoms with Crippen LogP contribution in [0.1, 0.15) is 48.0 Å². The predicted octanol–water partition coefficient (Wildman–Crippen LogP) is 1.90. The summed E-state index contributed by atoms with van der Waals surface area (Å²) in [5.74, 6) is 0.423. The minimum absolute atomic E-state index is 0.191. The number of nitrogens with one attached hydrogen (secondary N) is 2. The Kier molecular flexibility index (Phi) is 6.32. The van der Waals surface area contributed by atoms with Crippen LogP contribution in [0.4, 0.5) is 0 Å². The van der Waals surface area contributed by atoms with Crippen LogP contribution in [0.2, 0.25) is 0 Å². The standard InChI is InChI=1S/C19H29N3O3S/c1-15-5-6-17(26(24,25)22-11-3-2-4-12-22)13-18(15)19(23)21-10-8-16-7-9-20-14-16/h5-6,13,16,20H,2-4,7-12,14H2,1H3,(H,21,23). The SMILES string of the molecule is Cc1ccc(S(=O)(=O)N2CCCCC2)cc1C(=O)NCCC1CCNC1. The molecule has 3 rings (SSSR count). The third-order valence-electron chi connectivity index (χ3n) is 5.41. The maximum absolute atomic E-state index is 12.8. The van der Waals surface area contributed by atoms with Crippen molar-refractivity contribution in [1.29, 1.82) is 0 Å². The third kappa shape index (κ3) is 4.45. The molecule has 26 heavy (non-hydrogen) atoms. The highest BCUT2D eigenvalue weighted by molar-refractivity contribution is 7.89. The Morgan fingerprint density at radius 1 is 1.27 bits per heavy atom. The number of aryl methyl sites for hydroxylation is 1. The summed E-state index contributed by atoms with van der Waals surface area (Å²) in [6, 6.07) is 4.87. The molecule has 2 aliphatic rings. The number of rotatable bonds is 6. The van der Waals surface area contributed by atoms with E-state index in [4.69, 9.17) is 0 Å². The molecule has 2 heterocycles. The van der Waals surface area contributed by atoms with E-state index in [1.165, 1.54) is 10.4 Å². The van der Waals surface area contributed by atoms with E-state index in [1.807, 2.05) is 6.92 Å². The van der Waals surface area contributed by atoms with Gasteiger partial charge in [0, 0.05) is 25.2 Å². The van der Waals surface area contributed by atoms with Crippen LogP contribution in [0, 0.1) is 12.8 Å². The van der Waals surface area contributed by atoms with Gasteiger partial charge < -0.3 is 10.6 Å².